The van der Waals surface area contributed by atoms with E-state index in [1.165, 1.54) is 0 Å². The third kappa shape index (κ3) is 8.65. The fourth-order valence-corrected chi connectivity index (χ4v) is 6.02. The van der Waals surface area contributed by atoms with E-state index < -0.39 is 114 Å². The molecule has 1 fully saturated rings. The molecule has 0 bridgehead atoms. The van der Waals surface area contributed by atoms with Gasteiger partial charge in [0.25, 0.3) is 0 Å². The Morgan fingerprint density at radius 3 is 0.863 bits per heavy atom. The molecular weight excluding hydrogens is 732 g/mol. The van der Waals surface area contributed by atoms with Crippen LogP contribution < -0.4 is 0 Å². The van der Waals surface area contributed by atoms with Gasteiger partial charge in [0.2, 0.25) is 23.6 Å². The van der Waals surface area contributed by atoms with Crippen LogP contribution in [0.3, 0.4) is 0 Å². The van der Waals surface area contributed by atoms with Gasteiger partial charge in [0, 0.05) is 36.5 Å². The fraction of sp³-hybridized carbons (Fsp3) is 0.654. The first-order valence-corrected chi connectivity index (χ1v) is 14.7. The monoisotopic (exact) mass is 754 g/mol. The summed E-state index contributed by atoms with van der Waals surface area (Å²) in [6.45, 7) is 0. The minimum atomic E-state index is -5.01. The van der Waals surface area contributed by atoms with E-state index in [2.05, 4.69) is 58.5 Å². The lowest BCUT2D eigenvalue weighted by atomic mass is 9.55. The van der Waals surface area contributed by atoms with E-state index in [0.29, 0.717) is 0 Å². The third-order valence-electron chi connectivity index (χ3n) is 8.38. The molecule has 25 heteroatoms. The van der Waals surface area contributed by atoms with E-state index in [1.807, 2.05) is 0 Å². The lowest BCUT2D eigenvalue weighted by Gasteiger charge is -2.47. The number of carbonyl (C=O) groups excluding carboxylic acids is 1. The van der Waals surface area contributed by atoms with Crippen LogP contribution in [0.15, 0.2) is 17.7 Å². The van der Waals surface area contributed by atoms with Gasteiger partial charge in [0.1, 0.15) is 5.78 Å². The number of nitrogens with zero attached hydrogens (tertiary/aromatic N) is 8. The van der Waals surface area contributed by atoms with Crippen LogP contribution in [0.4, 0.5) is 52.7 Å². The van der Waals surface area contributed by atoms with Crippen molar-refractivity contribution < 1.29 is 75.1 Å². The molecular formula is C26H22F12N8O5. The molecule has 1 saturated carbocycles. The zero-order chi connectivity index (χ0) is 37.5. The molecule has 0 aromatic carbocycles. The molecule has 51 heavy (non-hydrogen) atoms. The number of halogens is 12. The zero-order valence-corrected chi connectivity index (χ0v) is 25.4. The van der Waals surface area contributed by atoms with Gasteiger partial charge in [0.05, 0.1) is 0 Å². The van der Waals surface area contributed by atoms with Gasteiger partial charge < -0.3 is 17.7 Å². The molecule has 0 unspecified atom stereocenters. The Morgan fingerprint density at radius 2 is 0.667 bits per heavy atom. The van der Waals surface area contributed by atoms with E-state index in [4.69, 9.17) is 0 Å². The van der Waals surface area contributed by atoms with E-state index in [1.54, 1.807) is 0 Å². The Bertz CT molecular complexity index is 1560. The summed E-state index contributed by atoms with van der Waals surface area (Å²) in [7, 11) is 0. The normalized spacial score (nSPS) is 17.0. The van der Waals surface area contributed by atoms with Crippen molar-refractivity contribution in [2.45, 2.75) is 95.3 Å². The van der Waals surface area contributed by atoms with Crippen molar-refractivity contribution in [3.63, 3.8) is 0 Å². The molecule has 0 radical (unpaired) electrons. The first-order valence-electron chi connectivity index (χ1n) is 14.7. The van der Waals surface area contributed by atoms with Crippen LogP contribution in [0.25, 0.3) is 0 Å². The average molecular weight is 754 g/mol. The summed E-state index contributed by atoms with van der Waals surface area (Å²) in [5, 5.41) is 25.1. The summed E-state index contributed by atoms with van der Waals surface area (Å²) >= 11 is 0. The van der Waals surface area contributed by atoms with Crippen molar-refractivity contribution in [1.29, 1.82) is 0 Å². The standard InChI is InChI=1S/C26H22F12N8O5/c27-23(28,29)17-43-39-12(48-17)2-8-21(9-3-13-40-44-18(49-13)24(30,31)32)6-1-7-22(16(21)47,10-4-14-41-45-19(50-14)25(33,34)35)11-5-15-42-46-20(51-15)26(36,37)38/h1-11H2. The molecule has 0 amide bonds. The van der Waals surface area contributed by atoms with Crippen molar-refractivity contribution in [1.82, 2.24) is 40.8 Å². The highest BCUT2D eigenvalue weighted by atomic mass is 19.4. The van der Waals surface area contributed by atoms with Crippen molar-refractivity contribution in [2.24, 2.45) is 10.8 Å². The third-order valence-corrected chi connectivity index (χ3v) is 8.38. The molecule has 0 spiro atoms. The predicted molar refractivity (Wildman–Crippen MR) is 134 cm³/mol. The Kier molecular flexibility index (Phi) is 9.96. The summed E-state index contributed by atoms with van der Waals surface area (Å²) < 4.78 is 176. The maximum atomic E-state index is 14.7. The molecule has 13 nitrogen and oxygen atoms in total. The molecule has 280 valence electrons. The van der Waals surface area contributed by atoms with Gasteiger partial charge in [0.15, 0.2) is 0 Å². The number of hydrogen-bond donors (Lipinski definition) is 0. The van der Waals surface area contributed by atoms with Crippen molar-refractivity contribution in [3.05, 3.63) is 47.1 Å². The van der Waals surface area contributed by atoms with E-state index in [9.17, 15) is 57.5 Å². The Morgan fingerprint density at radius 1 is 0.431 bits per heavy atom. The summed E-state index contributed by atoms with van der Waals surface area (Å²) in [5.41, 5.74) is -3.23. The molecule has 4 aromatic heterocycles. The first-order chi connectivity index (χ1) is 23.6. The quantitative estimate of drug-likeness (QED) is 0.138. The SMILES string of the molecule is O=C1C(CCc2nnc(C(F)(F)F)o2)(CCc2nnc(C(F)(F)F)o2)CCCC1(CCc1nnc(C(F)(F)F)o1)CCc1nnc(C(F)(F)F)o1. The Hall–Kier alpha value is -4.61. The minimum absolute atomic E-state index is 0.00826. The number of aromatic nitrogens is 8. The molecule has 0 atom stereocenters. The van der Waals surface area contributed by atoms with Crippen molar-refractivity contribution >= 4 is 5.78 Å². The second-order valence-corrected chi connectivity index (χ2v) is 11.7. The second-order valence-electron chi connectivity index (χ2n) is 11.7. The molecule has 4 aromatic rings. The lowest BCUT2D eigenvalue weighted by Crippen LogP contribution is -2.48. The van der Waals surface area contributed by atoms with Gasteiger partial charge in [-0.05, 0) is 38.5 Å². The number of rotatable bonds is 12. The maximum absolute atomic E-state index is 14.7. The summed E-state index contributed by atoms with van der Waals surface area (Å²) in [6.07, 6.45) is -23.0. The fourth-order valence-electron chi connectivity index (χ4n) is 6.02. The molecule has 0 aliphatic heterocycles. The number of ketones is 1. The summed E-state index contributed by atoms with van der Waals surface area (Å²) in [4.78, 5) is 14.7. The largest absolute Gasteiger partial charge is 0.470 e. The Balaban J connectivity index is 1.48. The summed E-state index contributed by atoms with van der Waals surface area (Å²) in [6, 6.07) is 0. The number of alkyl halides is 12. The molecule has 5 rings (SSSR count). The number of carbonyl (C=O) groups is 1. The molecule has 1 aliphatic carbocycles. The van der Waals surface area contributed by atoms with Crippen LogP contribution in [0.2, 0.25) is 0 Å². The van der Waals surface area contributed by atoms with Gasteiger partial charge in [-0.1, -0.05) is 6.42 Å². The predicted octanol–water partition coefficient (Wildman–Crippen LogP) is 6.85. The van der Waals surface area contributed by atoms with Gasteiger partial charge >= 0.3 is 48.3 Å². The lowest BCUT2D eigenvalue weighted by molar-refractivity contribution is -0.158. The molecule has 0 saturated heterocycles. The van der Waals surface area contributed by atoms with Gasteiger partial charge in [-0.2, -0.15) is 52.7 Å². The topological polar surface area (TPSA) is 173 Å². The summed E-state index contributed by atoms with van der Waals surface area (Å²) in [5.74, 6) is -9.57. The van der Waals surface area contributed by atoms with Gasteiger partial charge in [-0.15, -0.1) is 40.8 Å². The second kappa shape index (κ2) is 13.5. The van der Waals surface area contributed by atoms with Crippen LogP contribution >= 0.6 is 0 Å². The smallest absolute Gasteiger partial charge is 0.417 e. The first kappa shape index (κ1) is 37.6. The minimum Gasteiger partial charge on any atom is -0.417 e. The highest BCUT2D eigenvalue weighted by molar-refractivity contribution is 5.91. The van der Waals surface area contributed by atoms with E-state index in [0.717, 1.165) is 0 Å². The van der Waals surface area contributed by atoms with Gasteiger partial charge in [-0.3, -0.25) is 4.79 Å². The number of aryl methyl sites for hydroxylation is 4. The van der Waals surface area contributed by atoms with Crippen LogP contribution in [0.1, 0.15) is 92.1 Å². The maximum Gasteiger partial charge on any atom is 0.470 e. The van der Waals surface area contributed by atoms with Crippen molar-refractivity contribution in [3.8, 4) is 0 Å². The van der Waals surface area contributed by atoms with Crippen molar-refractivity contribution in [2.75, 3.05) is 0 Å². The number of hydrogen-bond acceptors (Lipinski definition) is 13. The highest BCUT2D eigenvalue weighted by Gasteiger charge is 2.53. The molecule has 4 heterocycles. The van der Waals surface area contributed by atoms with E-state index in [-0.39, 0.29) is 44.9 Å². The van der Waals surface area contributed by atoms with Gasteiger partial charge in [-0.25, -0.2) is 0 Å². The molecule has 1 aliphatic rings. The highest BCUT2D eigenvalue weighted by Crippen LogP contribution is 2.52. The average Bonchev–Trinajstić information content (AvgIpc) is 3.84. The van der Waals surface area contributed by atoms with Crippen LogP contribution in [0, 0.1) is 10.8 Å². The van der Waals surface area contributed by atoms with Crippen LogP contribution in [0.5, 0.6) is 0 Å². The number of Topliss-reactive ketones (excluding diaryl/α,β-unsaturated/α-hetero) is 1. The zero-order valence-electron chi connectivity index (χ0n) is 25.4. The van der Waals surface area contributed by atoms with Crippen LogP contribution in [-0.2, 0) is 55.2 Å². The Labute approximate surface area is 275 Å². The molecule has 0 N–H and O–H groups in total. The van der Waals surface area contributed by atoms with Crippen LogP contribution in [-0.4, -0.2) is 46.6 Å². The van der Waals surface area contributed by atoms with E-state index >= 15 is 0 Å².